The number of anilines is 1. The van der Waals surface area contributed by atoms with Crippen molar-refractivity contribution in [1.82, 2.24) is 10.2 Å². The Labute approximate surface area is 124 Å². The molecule has 0 saturated carbocycles. The summed E-state index contributed by atoms with van der Waals surface area (Å²) in [5, 5.41) is 11.4. The van der Waals surface area contributed by atoms with Crippen molar-refractivity contribution in [2.45, 2.75) is 0 Å². The molecule has 0 atom stereocenters. The minimum absolute atomic E-state index is 0.287. The predicted octanol–water partition coefficient (Wildman–Crippen LogP) is 4.12. The normalized spacial score (nSPS) is 10.7. The van der Waals surface area contributed by atoms with E-state index in [1.54, 1.807) is 24.4 Å². The molecule has 3 rings (SSSR count). The molecule has 1 amide bonds. The van der Waals surface area contributed by atoms with Gasteiger partial charge in [0.05, 0.1) is 22.3 Å². The third-order valence-corrected chi connectivity index (χ3v) is 3.42. The van der Waals surface area contributed by atoms with E-state index in [1.807, 2.05) is 12.1 Å². The highest BCUT2D eigenvalue weighted by Crippen LogP contribution is 2.23. The molecule has 1 heterocycles. The van der Waals surface area contributed by atoms with Crippen LogP contribution >= 0.6 is 23.2 Å². The summed E-state index contributed by atoms with van der Waals surface area (Å²) >= 11 is 11.8. The largest absolute Gasteiger partial charge is 0.322 e. The van der Waals surface area contributed by atoms with Gasteiger partial charge in [-0.3, -0.25) is 9.89 Å². The number of carbonyl (C=O) groups excluding carboxylic acids is 1. The van der Waals surface area contributed by atoms with E-state index in [1.165, 1.54) is 6.07 Å². The average Bonchev–Trinajstić information content (AvgIpc) is 2.85. The maximum Gasteiger partial charge on any atom is 0.257 e. The second kappa shape index (κ2) is 5.15. The van der Waals surface area contributed by atoms with Crippen LogP contribution < -0.4 is 5.32 Å². The smallest absolute Gasteiger partial charge is 0.257 e. The van der Waals surface area contributed by atoms with Crippen molar-refractivity contribution in [3.8, 4) is 0 Å². The van der Waals surface area contributed by atoms with E-state index in [2.05, 4.69) is 15.5 Å². The Bertz CT molecular complexity index is 798. The first kappa shape index (κ1) is 13.0. The van der Waals surface area contributed by atoms with Gasteiger partial charge < -0.3 is 5.32 Å². The van der Waals surface area contributed by atoms with Crippen LogP contribution in [0.3, 0.4) is 0 Å². The number of amides is 1. The standard InChI is InChI=1S/C14H9Cl2N3O/c15-9-2-4-11(12(16)5-9)14(20)18-10-3-1-8-7-17-19-13(8)6-10/h1-7H,(H,17,19)(H,18,20). The van der Waals surface area contributed by atoms with Crippen LogP contribution in [0.4, 0.5) is 5.69 Å². The molecule has 4 nitrogen and oxygen atoms in total. The molecule has 0 bridgehead atoms. The van der Waals surface area contributed by atoms with Crippen LogP contribution in [-0.4, -0.2) is 16.1 Å². The summed E-state index contributed by atoms with van der Waals surface area (Å²) in [5.74, 6) is -0.287. The monoisotopic (exact) mass is 305 g/mol. The Morgan fingerprint density at radius 2 is 2.00 bits per heavy atom. The van der Waals surface area contributed by atoms with Crippen LogP contribution in [0.1, 0.15) is 10.4 Å². The minimum atomic E-state index is -0.287. The molecule has 0 aliphatic carbocycles. The predicted molar refractivity (Wildman–Crippen MR) is 80.5 cm³/mol. The van der Waals surface area contributed by atoms with E-state index in [-0.39, 0.29) is 5.91 Å². The Morgan fingerprint density at radius 1 is 1.15 bits per heavy atom. The lowest BCUT2D eigenvalue weighted by Crippen LogP contribution is -2.12. The van der Waals surface area contributed by atoms with Crippen molar-refractivity contribution < 1.29 is 4.79 Å². The Balaban J connectivity index is 1.87. The van der Waals surface area contributed by atoms with Crippen molar-refractivity contribution in [2.24, 2.45) is 0 Å². The van der Waals surface area contributed by atoms with E-state index in [0.717, 1.165) is 10.9 Å². The highest BCUT2D eigenvalue weighted by molar-refractivity contribution is 6.37. The van der Waals surface area contributed by atoms with Gasteiger partial charge in [-0.25, -0.2) is 0 Å². The number of H-pyrrole nitrogens is 1. The SMILES string of the molecule is O=C(Nc1ccc2cn[nH]c2c1)c1ccc(Cl)cc1Cl. The number of hydrogen-bond donors (Lipinski definition) is 2. The van der Waals surface area contributed by atoms with Crippen LogP contribution in [0.2, 0.25) is 10.0 Å². The number of hydrogen-bond acceptors (Lipinski definition) is 2. The zero-order chi connectivity index (χ0) is 14.1. The quantitative estimate of drug-likeness (QED) is 0.748. The second-order valence-corrected chi connectivity index (χ2v) is 5.09. The number of benzene rings is 2. The lowest BCUT2D eigenvalue weighted by atomic mass is 10.2. The molecule has 0 fully saturated rings. The van der Waals surface area contributed by atoms with Crippen molar-refractivity contribution in [3.63, 3.8) is 0 Å². The number of halogens is 2. The van der Waals surface area contributed by atoms with Crippen molar-refractivity contribution in [2.75, 3.05) is 5.32 Å². The summed E-state index contributed by atoms with van der Waals surface area (Å²) in [6.45, 7) is 0. The van der Waals surface area contributed by atoms with E-state index < -0.39 is 0 Å². The van der Waals surface area contributed by atoms with Crippen molar-refractivity contribution in [1.29, 1.82) is 0 Å². The number of nitrogens with zero attached hydrogens (tertiary/aromatic N) is 1. The third kappa shape index (κ3) is 2.48. The third-order valence-electron chi connectivity index (χ3n) is 2.88. The van der Waals surface area contributed by atoms with Gasteiger partial charge in [0, 0.05) is 16.1 Å². The first-order valence-corrected chi connectivity index (χ1v) is 6.58. The molecule has 0 saturated heterocycles. The Hall–Kier alpha value is -2.04. The lowest BCUT2D eigenvalue weighted by molar-refractivity contribution is 0.102. The van der Waals surface area contributed by atoms with Gasteiger partial charge in [0.1, 0.15) is 0 Å². The van der Waals surface area contributed by atoms with E-state index in [0.29, 0.717) is 21.3 Å². The maximum absolute atomic E-state index is 12.2. The van der Waals surface area contributed by atoms with Crippen LogP contribution in [0.15, 0.2) is 42.6 Å². The highest BCUT2D eigenvalue weighted by Gasteiger charge is 2.11. The molecular formula is C14H9Cl2N3O. The highest BCUT2D eigenvalue weighted by atomic mass is 35.5. The summed E-state index contributed by atoms with van der Waals surface area (Å²) in [6, 6.07) is 10.2. The lowest BCUT2D eigenvalue weighted by Gasteiger charge is -2.07. The second-order valence-electron chi connectivity index (χ2n) is 4.25. The summed E-state index contributed by atoms with van der Waals surface area (Å²) in [5.41, 5.74) is 1.89. The molecule has 0 radical (unpaired) electrons. The van der Waals surface area contributed by atoms with Gasteiger partial charge in [-0.2, -0.15) is 5.10 Å². The number of nitrogens with one attached hydrogen (secondary N) is 2. The van der Waals surface area contributed by atoms with Crippen molar-refractivity contribution >= 4 is 45.7 Å². The van der Waals surface area contributed by atoms with Gasteiger partial charge in [0.25, 0.3) is 5.91 Å². The molecule has 100 valence electrons. The van der Waals surface area contributed by atoms with Gasteiger partial charge in [0.2, 0.25) is 0 Å². The zero-order valence-electron chi connectivity index (χ0n) is 10.2. The average molecular weight is 306 g/mol. The van der Waals surface area contributed by atoms with E-state index >= 15 is 0 Å². The summed E-state index contributed by atoms with van der Waals surface area (Å²) < 4.78 is 0. The van der Waals surface area contributed by atoms with E-state index in [4.69, 9.17) is 23.2 Å². The molecule has 1 aromatic heterocycles. The van der Waals surface area contributed by atoms with Gasteiger partial charge in [-0.15, -0.1) is 0 Å². The van der Waals surface area contributed by atoms with Crippen LogP contribution in [0, 0.1) is 0 Å². The maximum atomic E-state index is 12.2. The van der Waals surface area contributed by atoms with Gasteiger partial charge >= 0.3 is 0 Å². The molecule has 0 unspecified atom stereocenters. The molecule has 20 heavy (non-hydrogen) atoms. The van der Waals surface area contributed by atoms with Crippen LogP contribution in [0.5, 0.6) is 0 Å². The summed E-state index contributed by atoms with van der Waals surface area (Å²) in [4.78, 5) is 12.2. The number of aromatic nitrogens is 2. The topological polar surface area (TPSA) is 57.8 Å². The zero-order valence-corrected chi connectivity index (χ0v) is 11.7. The summed E-state index contributed by atoms with van der Waals surface area (Å²) in [7, 11) is 0. The van der Waals surface area contributed by atoms with E-state index in [9.17, 15) is 4.79 Å². The Morgan fingerprint density at radius 3 is 2.80 bits per heavy atom. The fraction of sp³-hybridized carbons (Fsp3) is 0. The number of aromatic amines is 1. The molecule has 6 heteroatoms. The molecular weight excluding hydrogens is 297 g/mol. The number of fused-ring (bicyclic) bond motifs is 1. The molecule has 0 spiro atoms. The van der Waals surface area contributed by atoms with Gasteiger partial charge in [0.15, 0.2) is 0 Å². The van der Waals surface area contributed by atoms with Crippen LogP contribution in [0.25, 0.3) is 10.9 Å². The Kier molecular flexibility index (Phi) is 3.34. The first-order valence-electron chi connectivity index (χ1n) is 5.83. The molecule has 2 aromatic carbocycles. The number of rotatable bonds is 2. The summed E-state index contributed by atoms with van der Waals surface area (Å²) in [6.07, 6.45) is 1.72. The molecule has 0 aliphatic heterocycles. The fourth-order valence-electron chi connectivity index (χ4n) is 1.89. The van der Waals surface area contributed by atoms with Gasteiger partial charge in [-0.1, -0.05) is 23.2 Å². The minimum Gasteiger partial charge on any atom is -0.322 e. The first-order chi connectivity index (χ1) is 9.63. The van der Waals surface area contributed by atoms with Crippen molar-refractivity contribution in [3.05, 3.63) is 58.2 Å². The molecule has 2 N–H and O–H groups in total. The van der Waals surface area contributed by atoms with Crippen LogP contribution in [-0.2, 0) is 0 Å². The molecule has 3 aromatic rings. The molecule has 0 aliphatic rings. The fourth-order valence-corrected chi connectivity index (χ4v) is 2.38. The number of carbonyl (C=O) groups is 1. The van der Waals surface area contributed by atoms with Gasteiger partial charge in [-0.05, 0) is 36.4 Å².